The monoisotopic (exact) mass is 357 g/mol. The zero-order valence-electron chi connectivity index (χ0n) is 13.0. The van der Waals surface area contributed by atoms with Crippen molar-refractivity contribution in [1.29, 1.82) is 0 Å². The Morgan fingerprint density at radius 1 is 1.35 bits per heavy atom. The zero-order valence-corrected chi connectivity index (χ0v) is 14.6. The van der Waals surface area contributed by atoms with Crippen LogP contribution in [0, 0.1) is 0 Å². The van der Waals surface area contributed by atoms with Crippen molar-refractivity contribution in [3.8, 4) is 0 Å². The van der Waals surface area contributed by atoms with Crippen LogP contribution >= 0.6 is 23.4 Å². The highest BCUT2D eigenvalue weighted by Gasteiger charge is 2.20. The molecule has 0 aromatic heterocycles. The van der Waals surface area contributed by atoms with Crippen LogP contribution in [-0.2, 0) is 9.59 Å². The van der Waals surface area contributed by atoms with E-state index in [0.717, 1.165) is 5.75 Å². The summed E-state index contributed by atoms with van der Waals surface area (Å²) in [6, 6.07) is 3.83. The van der Waals surface area contributed by atoms with Gasteiger partial charge >= 0.3 is 0 Å². The molecule has 1 atom stereocenters. The number of rotatable bonds is 8. The van der Waals surface area contributed by atoms with Crippen molar-refractivity contribution >= 4 is 46.8 Å². The number of carbonyl (C=O) groups excluding carboxylic acids is 3. The summed E-state index contributed by atoms with van der Waals surface area (Å²) in [5.74, 6) is -0.488. The van der Waals surface area contributed by atoms with Crippen LogP contribution in [0.1, 0.15) is 30.1 Å². The second-order valence-electron chi connectivity index (χ2n) is 4.80. The van der Waals surface area contributed by atoms with E-state index in [9.17, 15) is 14.4 Å². The van der Waals surface area contributed by atoms with Crippen LogP contribution in [0.15, 0.2) is 18.2 Å². The first kappa shape index (κ1) is 19.3. The third-order valence-corrected chi connectivity index (χ3v) is 4.06. The van der Waals surface area contributed by atoms with E-state index in [4.69, 9.17) is 17.3 Å². The molecule has 3 amide bonds. The molecule has 0 bridgehead atoms. The van der Waals surface area contributed by atoms with Crippen molar-refractivity contribution in [3.05, 3.63) is 28.8 Å². The molecule has 0 spiro atoms. The van der Waals surface area contributed by atoms with Gasteiger partial charge in [0.05, 0.1) is 10.6 Å². The number of thioether (sulfide) groups is 1. The van der Waals surface area contributed by atoms with Crippen molar-refractivity contribution in [1.82, 2.24) is 5.32 Å². The number of hydrogen-bond donors (Lipinski definition) is 3. The molecule has 0 saturated heterocycles. The van der Waals surface area contributed by atoms with Crippen molar-refractivity contribution in [2.24, 2.45) is 5.73 Å². The van der Waals surface area contributed by atoms with Gasteiger partial charge in [-0.1, -0.05) is 18.5 Å². The minimum atomic E-state index is -0.677. The topological polar surface area (TPSA) is 101 Å². The summed E-state index contributed by atoms with van der Waals surface area (Å²) in [7, 11) is 0. The van der Waals surface area contributed by atoms with Crippen LogP contribution < -0.4 is 16.4 Å². The molecule has 0 unspecified atom stereocenters. The molecule has 0 aliphatic heterocycles. The minimum Gasteiger partial charge on any atom is -0.366 e. The van der Waals surface area contributed by atoms with Gasteiger partial charge in [-0.25, -0.2) is 0 Å². The van der Waals surface area contributed by atoms with Gasteiger partial charge in [0.1, 0.15) is 6.04 Å². The number of carbonyl (C=O) groups is 3. The number of hydrogen-bond acceptors (Lipinski definition) is 4. The second kappa shape index (κ2) is 9.42. The van der Waals surface area contributed by atoms with Gasteiger partial charge in [-0.15, -0.1) is 0 Å². The number of nitrogens with two attached hydrogens (primary N) is 1. The normalized spacial score (nSPS) is 11.6. The van der Waals surface area contributed by atoms with Gasteiger partial charge in [-0.2, -0.15) is 11.8 Å². The molecule has 1 aromatic carbocycles. The molecule has 4 N–H and O–H groups in total. The van der Waals surface area contributed by atoms with Gasteiger partial charge in [-0.05, 0) is 36.6 Å². The lowest BCUT2D eigenvalue weighted by Crippen LogP contribution is -2.44. The van der Waals surface area contributed by atoms with E-state index < -0.39 is 11.9 Å². The van der Waals surface area contributed by atoms with Crippen molar-refractivity contribution in [2.45, 2.75) is 25.8 Å². The Morgan fingerprint density at radius 3 is 2.61 bits per heavy atom. The highest BCUT2D eigenvalue weighted by Crippen LogP contribution is 2.20. The summed E-state index contributed by atoms with van der Waals surface area (Å²) >= 11 is 7.46. The fourth-order valence-electron chi connectivity index (χ4n) is 1.82. The Morgan fingerprint density at radius 2 is 2.04 bits per heavy atom. The number of benzene rings is 1. The molecule has 23 heavy (non-hydrogen) atoms. The predicted octanol–water partition coefficient (Wildman–Crippen LogP) is 2.03. The van der Waals surface area contributed by atoms with Gasteiger partial charge in [0.15, 0.2) is 0 Å². The second-order valence-corrected chi connectivity index (χ2v) is 6.20. The largest absolute Gasteiger partial charge is 0.366 e. The van der Waals surface area contributed by atoms with Crippen LogP contribution in [-0.4, -0.2) is 35.8 Å². The average Bonchev–Trinajstić information content (AvgIpc) is 2.52. The number of halogens is 1. The fourth-order valence-corrected chi connectivity index (χ4v) is 2.50. The number of anilines is 1. The van der Waals surface area contributed by atoms with E-state index in [0.29, 0.717) is 18.5 Å². The minimum absolute atomic E-state index is 0.128. The molecule has 0 aliphatic rings. The van der Waals surface area contributed by atoms with Crippen LogP contribution in [0.2, 0.25) is 5.02 Å². The Balaban J connectivity index is 2.86. The van der Waals surface area contributed by atoms with E-state index in [1.54, 1.807) is 24.8 Å². The number of primary amides is 1. The summed E-state index contributed by atoms with van der Waals surface area (Å²) in [4.78, 5) is 35.2. The standard InChI is InChI=1S/C15H20ClN3O3S/c1-3-13(20)19-12(6-7-23-2)15(22)18-9-4-5-11(16)10(8-9)14(17)21/h4-5,8,12H,3,6-7H2,1-2H3,(H2,17,21)(H,18,22)(H,19,20)/t12-/m0/s1. The van der Waals surface area contributed by atoms with Gasteiger partial charge < -0.3 is 16.4 Å². The fraction of sp³-hybridized carbons (Fsp3) is 0.400. The highest BCUT2D eigenvalue weighted by molar-refractivity contribution is 7.98. The third kappa shape index (κ3) is 6.11. The molecular weight excluding hydrogens is 338 g/mol. The van der Waals surface area contributed by atoms with Crippen molar-refractivity contribution in [3.63, 3.8) is 0 Å². The highest BCUT2D eigenvalue weighted by atomic mass is 35.5. The smallest absolute Gasteiger partial charge is 0.250 e. The lowest BCUT2D eigenvalue weighted by atomic mass is 10.1. The molecule has 0 fully saturated rings. The first-order valence-corrected chi connectivity index (χ1v) is 8.84. The first-order chi connectivity index (χ1) is 10.9. The maximum Gasteiger partial charge on any atom is 0.250 e. The summed E-state index contributed by atoms with van der Waals surface area (Å²) < 4.78 is 0. The number of nitrogens with one attached hydrogen (secondary N) is 2. The number of amides is 3. The molecule has 0 heterocycles. The van der Waals surface area contributed by atoms with Gasteiger partial charge in [0.2, 0.25) is 17.7 Å². The molecular formula is C15H20ClN3O3S. The summed E-state index contributed by atoms with van der Waals surface area (Å²) in [6.45, 7) is 1.72. The lowest BCUT2D eigenvalue weighted by molar-refractivity contribution is -0.126. The maximum absolute atomic E-state index is 12.4. The van der Waals surface area contributed by atoms with Gasteiger partial charge in [0, 0.05) is 12.1 Å². The third-order valence-electron chi connectivity index (χ3n) is 3.08. The van der Waals surface area contributed by atoms with Crippen LogP contribution in [0.4, 0.5) is 5.69 Å². The van der Waals surface area contributed by atoms with Crippen LogP contribution in [0.3, 0.4) is 0 Å². The van der Waals surface area contributed by atoms with E-state index in [1.165, 1.54) is 12.1 Å². The van der Waals surface area contributed by atoms with Crippen molar-refractivity contribution < 1.29 is 14.4 Å². The first-order valence-electron chi connectivity index (χ1n) is 7.07. The summed E-state index contributed by atoms with van der Waals surface area (Å²) in [5.41, 5.74) is 5.75. The van der Waals surface area contributed by atoms with Crippen LogP contribution in [0.5, 0.6) is 0 Å². The van der Waals surface area contributed by atoms with Crippen molar-refractivity contribution in [2.75, 3.05) is 17.3 Å². The maximum atomic E-state index is 12.4. The SMILES string of the molecule is CCC(=O)N[C@@H](CCSC)C(=O)Nc1ccc(Cl)c(C(N)=O)c1. The molecule has 126 valence electrons. The van der Waals surface area contributed by atoms with E-state index in [-0.39, 0.29) is 22.4 Å². The predicted molar refractivity (Wildman–Crippen MR) is 93.8 cm³/mol. The molecule has 6 nitrogen and oxygen atoms in total. The Hall–Kier alpha value is -1.73. The van der Waals surface area contributed by atoms with Gasteiger partial charge in [-0.3, -0.25) is 14.4 Å². The van der Waals surface area contributed by atoms with E-state index >= 15 is 0 Å². The van der Waals surface area contributed by atoms with E-state index in [2.05, 4.69) is 10.6 Å². The van der Waals surface area contributed by atoms with Gasteiger partial charge in [0.25, 0.3) is 0 Å². The molecule has 0 saturated carbocycles. The Kier molecular flexibility index (Phi) is 7.91. The molecule has 1 aromatic rings. The molecule has 0 aliphatic carbocycles. The molecule has 0 radical (unpaired) electrons. The lowest BCUT2D eigenvalue weighted by Gasteiger charge is -2.18. The molecule has 8 heteroatoms. The molecule has 1 rings (SSSR count). The Bertz CT molecular complexity index is 595. The Labute approximate surface area is 144 Å². The van der Waals surface area contributed by atoms with E-state index in [1.807, 2.05) is 6.26 Å². The van der Waals surface area contributed by atoms with Crippen LogP contribution in [0.25, 0.3) is 0 Å². The summed E-state index contributed by atoms with van der Waals surface area (Å²) in [5, 5.41) is 5.58. The summed E-state index contributed by atoms with van der Waals surface area (Å²) in [6.07, 6.45) is 2.74. The zero-order chi connectivity index (χ0) is 17.4. The average molecular weight is 358 g/mol. The quantitative estimate of drug-likeness (QED) is 0.662.